The predicted molar refractivity (Wildman–Crippen MR) is 105 cm³/mol. The van der Waals surface area contributed by atoms with Crippen LogP contribution < -0.4 is 0 Å². The topological polar surface area (TPSA) is 83.0 Å². The standard InChI is InChI=1S/C22H24N2O3/c1-7-27-22(26)20-16(6)24-15(5)19(20)21(25)18(11-23)10-17-9-13(3)12(2)8-14(17)4/h8-10,24H,7H2,1-6H3/b18-10+. The summed E-state index contributed by atoms with van der Waals surface area (Å²) in [6.45, 7) is 11.3. The van der Waals surface area contributed by atoms with Gasteiger partial charge in [-0.15, -0.1) is 0 Å². The highest BCUT2D eigenvalue weighted by Gasteiger charge is 2.27. The van der Waals surface area contributed by atoms with E-state index in [-0.39, 0.29) is 23.3 Å². The Morgan fingerprint density at radius 1 is 1.04 bits per heavy atom. The van der Waals surface area contributed by atoms with Crippen LogP contribution in [-0.2, 0) is 4.74 Å². The highest BCUT2D eigenvalue weighted by atomic mass is 16.5. The second kappa shape index (κ2) is 8.05. The van der Waals surface area contributed by atoms with Gasteiger partial charge in [-0.1, -0.05) is 12.1 Å². The van der Waals surface area contributed by atoms with E-state index in [1.165, 1.54) is 0 Å². The molecular weight excluding hydrogens is 340 g/mol. The van der Waals surface area contributed by atoms with Crippen LogP contribution in [-0.4, -0.2) is 23.3 Å². The molecule has 2 aromatic rings. The molecule has 0 aliphatic heterocycles. The van der Waals surface area contributed by atoms with Crippen molar-refractivity contribution in [2.45, 2.75) is 41.5 Å². The molecule has 0 fully saturated rings. The first-order chi connectivity index (χ1) is 12.7. The van der Waals surface area contributed by atoms with Gasteiger partial charge in [0, 0.05) is 11.4 Å². The van der Waals surface area contributed by atoms with Crippen LogP contribution in [0.2, 0.25) is 0 Å². The number of H-pyrrole nitrogens is 1. The van der Waals surface area contributed by atoms with E-state index in [0.29, 0.717) is 11.4 Å². The molecule has 0 radical (unpaired) electrons. The SMILES string of the molecule is CCOC(=O)c1c(C)[nH]c(C)c1C(=O)/C(C#N)=C/c1cc(C)c(C)cc1C. The van der Waals surface area contributed by atoms with E-state index in [4.69, 9.17) is 4.74 Å². The van der Waals surface area contributed by atoms with E-state index in [0.717, 1.165) is 22.3 Å². The van der Waals surface area contributed by atoms with Crippen LogP contribution in [0.5, 0.6) is 0 Å². The summed E-state index contributed by atoms with van der Waals surface area (Å²) >= 11 is 0. The Balaban J connectivity index is 2.58. The van der Waals surface area contributed by atoms with Gasteiger partial charge in [-0.25, -0.2) is 4.79 Å². The Hall–Kier alpha value is -3.13. The second-order valence-electron chi connectivity index (χ2n) is 6.64. The van der Waals surface area contributed by atoms with Crippen LogP contribution in [0.15, 0.2) is 17.7 Å². The molecule has 5 heteroatoms. The average Bonchev–Trinajstić information content (AvgIpc) is 2.90. The van der Waals surface area contributed by atoms with Crippen molar-refractivity contribution in [1.82, 2.24) is 4.98 Å². The van der Waals surface area contributed by atoms with Crippen LogP contribution in [0, 0.1) is 45.9 Å². The summed E-state index contributed by atoms with van der Waals surface area (Å²) in [6.07, 6.45) is 1.58. The first-order valence-corrected chi connectivity index (χ1v) is 8.81. The van der Waals surface area contributed by atoms with Gasteiger partial charge in [-0.2, -0.15) is 5.26 Å². The zero-order valence-electron chi connectivity index (χ0n) is 16.6. The fourth-order valence-electron chi connectivity index (χ4n) is 3.10. The minimum Gasteiger partial charge on any atom is -0.462 e. The maximum atomic E-state index is 13.1. The van der Waals surface area contributed by atoms with Crippen molar-refractivity contribution < 1.29 is 14.3 Å². The van der Waals surface area contributed by atoms with Crippen molar-refractivity contribution in [3.8, 4) is 6.07 Å². The Morgan fingerprint density at radius 2 is 1.63 bits per heavy atom. The molecule has 1 aromatic carbocycles. The number of ketones is 1. The van der Waals surface area contributed by atoms with Crippen LogP contribution in [0.4, 0.5) is 0 Å². The van der Waals surface area contributed by atoms with Crippen LogP contribution in [0.3, 0.4) is 0 Å². The number of nitrogens with zero attached hydrogens (tertiary/aromatic N) is 1. The summed E-state index contributed by atoms with van der Waals surface area (Å²) in [5.41, 5.74) is 5.48. The molecule has 0 atom stereocenters. The number of benzene rings is 1. The number of hydrogen-bond donors (Lipinski definition) is 1. The molecule has 0 bridgehead atoms. The van der Waals surface area contributed by atoms with Crippen LogP contribution >= 0.6 is 0 Å². The van der Waals surface area contributed by atoms with Gasteiger partial charge in [0.05, 0.1) is 17.7 Å². The van der Waals surface area contributed by atoms with Gasteiger partial charge in [-0.3, -0.25) is 4.79 Å². The third-order valence-corrected chi connectivity index (χ3v) is 4.63. The molecule has 0 saturated carbocycles. The predicted octanol–water partition coefficient (Wildman–Crippen LogP) is 4.52. The number of aromatic nitrogens is 1. The number of nitriles is 1. The molecule has 27 heavy (non-hydrogen) atoms. The number of carbonyl (C=O) groups excluding carboxylic acids is 2. The molecule has 0 saturated heterocycles. The lowest BCUT2D eigenvalue weighted by molar-refractivity contribution is 0.0523. The molecule has 0 unspecified atom stereocenters. The van der Waals surface area contributed by atoms with E-state index >= 15 is 0 Å². The van der Waals surface area contributed by atoms with E-state index in [9.17, 15) is 14.9 Å². The van der Waals surface area contributed by atoms with E-state index < -0.39 is 11.8 Å². The molecule has 5 nitrogen and oxygen atoms in total. The zero-order chi connectivity index (χ0) is 20.3. The highest BCUT2D eigenvalue weighted by molar-refractivity contribution is 6.19. The minimum absolute atomic E-state index is 0.0194. The molecule has 140 valence electrons. The Kier molecular flexibility index (Phi) is 6.02. The maximum Gasteiger partial charge on any atom is 0.340 e. The van der Waals surface area contributed by atoms with Crippen molar-refractivity contribution in [2.75, 3.05) is 6.61 Å². The lowest BCUT2D eigenvalue weighted by Gasteiger charge is -2.08. The summed E-state index contributed by atoms with van der Waals surface area (Å²) in [4.78, 5) is 28.4. The molecule has 1 N–H and O–H groups in total. The number of allylic oxidation sites excluding steroid dienone is 1. The van der Waals surface area contributed by atoms with Crippen LogP contribution in [0.1, 0.15) is 61.3 Å². The molecular formula is C22H24N2O3. The fraction of sp³-hybridized carbons (Fsp3) is 0.318. The smallest absolute Gasteiger partial charge is 0.340 e. The van der Waals surface area contributed by atoms with Crippen molar-refractivity contribution in [1.29, 1.82) is 5.26 Å². The third-order valence-electron chi connectivity index (χ3n) is 4.63. The van der Waals surface area contributed by atoms with Crippen molar-refractivity contribution in [3.05, 3.63) is 62.5 Å². The molecule has 1 heterocycles. The summed E-state index contributed by atoms with van der Waals surface area (Å²) < 4.78 is 5.08. The Labute approximate surface area is 159 Å². The van der Waals surface area contributed by atoms with Crippen molar-refractivity contribution in [3.63, 3.8) is 0 Å². The Bertz CT molecular complexity index is 988. The molecule has 2 rings (SSSR count). The number of esters is 1. The summed E-state index contributed by atoms with van der Waals surface area (Å²) in [6, 6.07) is 5.97. The first kappa shape index (κ1) is 20.2. The second-order valence-corrected chi connectivity index (χ2v) is 6.64. The highest BCUT2D eigenvalue weighted by Crippen LogP contribution is 2.25. The third kappa shape index (κ3) is 4.01. The van der Waals surface area contributed by atoms with Crippen molar-refractivity contribution in [2.24, 2.45) is 0 Å². The number of aromatic amines is 1. The molecule has 1 aromatic heterocycles. The van der Waals surface area contributed by atoms with Gasteiger partial charge < -0.3 is 9.72 Å². The largest absolute Gasteiger partial charge is 0.462 e. The molecule has 0 aliphatic carbocycles. The number of ether oxygens (including phenoxy) is 1. The average molecular weight is 364 g/mol. The first-order valence-electron chi connectivity index (χ1n) is 8.81. The van der Waals surface area contributed by atoms with Gasteiger partial charge in [0.2, 0.25) is 5.78 Å². The normalized spacial score (nSPS) is 11.2. The van der Waals surface area contributed by atoms with Gasteiger partial charge in [0.25, 0.3) is 0 Å². The Morgan fingerprint density at radius 3 is 2.22 bits per heavy atom. The van der Waals surface area contributed by atoms with E-state index in [2.05, 4.69) is 4.98 Å². The molecule has 0 amide bonds. The number of nitrogens with one attached hydrogen (secondary N) is 1. The number of rotatable bonds is 5. The van der Waals surface area contributed by atoms with Gasteiger partial charge in [0.15, 0.2) is 0 Å². The number of carbonyl (C=O) groups is 2. The number of Topliss-reactive ketones (excluding diaryl/α,β-unsaturated/α-hetero) is 1. The lowest BCUT2D eigenvalue weighted by Crippen LogP contribution is -2.13. The summed E-state index contributed by atoms with van der Waals surface area (Å²) in [5, 5.41) is 9.60. The fourth-order valence-corrected chi connectivity index (χ4v) is 3.10. The summed E-state index contributed by atoms with van der Waals surface area (Å²) in [5.74, 6) is -1.05. The van der Waals surface area contributed by atoms with Gasteiger partial charge in [-0.05, 0) is 69.9 Å². The molecule has 0 aliphatic rings. The monoisotopic (exact) mass is 364 g/mol. The summed E-state index contributed by atoms with van der Waals surface area (Å²) in [7, 11) is 0. The van der Waals surface area contributed by atoms with Gasteiger partial charge in [0.1, 0.15) is 11.6 Å². The zero-order valence-corrected chi connectivity index (χ0v) is 16.6. The minimum atomic E-state index is -0.567. The number of aryl methyl sites for hydroxylation is 5. The lowest BCUT2D eigenvalue weighted by atomic mass is 9.95. The van der Waals surface area contributed by atoms with E-state index in [1.54, 1.807) is 26.8 Å². The molecule has 0 spiro atoms. The van der Waals surface area contributed by atoms with E-state index in [1.807, 2.05) is 39.0 Å². The number of hydrogen-bond acceptors (Lipinski definition) is 4. The van der Waals surface area contributed by atoms with Crippen LogP contribution in [0.25, 0.3) is 6.08 Å². The van der Waals surface area contributed by atoms with Gasteiger partial charge >= 0.3 is 5.97 Å². The maximum absolute atomic E-state index is 13.1. The van der Waals surface area contributed by atoms with Crippen molar-refractivity contribution >= 4 is 17.8 Å². The quantitative estimate of drug-likeness (QED) is 0.366.